The number of hydrogen-bond donors (Lipinski definition) is 2. The number of benzene rings is 2. The fourth-order valence-electron chi connectivity index (χ4n) is 3.29. The van der Waals surface area contributed by atoms with Crippen LogP contribution >= 0.6 is 15.9 Å². The van der Waals surface area contributed by atoms with Crippen molar-refractivity contribution in [1.82, 2.24) is 14.9 Å². The molecular formula is C21H26BrN3O3S. The molecule has 6 nitrogen and oxygen atoms in total. The second kappa shape index (κ2) is 10.3. The van der Waals surface area contributed by atoms with E-state index in [2.05, 4.69) is 43.0 Å². The van der Waals surface area contributed by atoms with E-state index in [4.69, 9.17) is 0 Å². The Morgan fingerprint density at radius 1 is 1.00 bits per heavy atom. The fraction of sp³-hybridized carbons (Fsp3) is 0.381. The zero-order chi connectivity index (χ0) is 20.7. The molecule has 2 N–H and O–H groups in total. The molecule has 1 amide bonds. The van der Waals surface area contributed by atoms with Crippen molar-refractivity contribution in [1.29, 1.82) is 0 Å². The summed E-state index contributed by atoms with van der Waals surface area (Å²) in [6.07, 6.45) is 2.64. The number of nitrogens with one attached hydrogen (secondary N) is 2. The van der Waals surface area contributed by atoms with Gasteiger partial charge in [-0.05, 0) is 65.1 Å². The van der Waals surface area contributed by atoms with Gasteiger partial charge in [0.25, 0.3) is 0 Å². The predicted molar refractivity (Wildman–Crippen MR) is 117 cm³/mol. The molecule has 156 valence electrons. The highest BCUT2D eigenvalue weighted by Gasteiger charge is 2.17. The SMILES string of the molecule is O=C(CCNS(=O)(=O)c1ccccc1Br)NCc1ccc(CN2CCCC2)cc1. The lowest BCUT2D eigenvalue weighted by Gasteiger charge is -2.14. The summed E-state index contributed by atoms with van der Waals surface area (Å²) in [4.78, 5) is 14.7. The molecule has 0 radical (unpaired) electrons. The van der Waals surface area contributed by atoms with Gasteiger partial charge in [-0.1, -0.05) is 36.4 Å². The number of hydrogen-bond acceptors (Lipinski definition) is 4. The number of rotatable bonds is 9. The van der Waals surface area contributed by atoms with Crippen molar-refractivity contribution in [2.45, 2.75) is 37.2 Å². The zero-order valence-electron chi connectivity index (χ0n) is 16.2. The lowest BCUT2D eigenvalue weighted by molar-refractivity contribution is -0.121. The van der Waals surface area contributed by atoms with Crippen LogP contribution in [0.5, 0.6) is 0 Å². The minimum absolute atomic E-state index is 0.0459. The van der Waals surface area contributed by atoms with Crippen molar-refractivity contribution >= 4 is 31.9 Å². The Bertz CT molecular complexity index is 926. The van der Waals surface area contributed by atoms with Crippen LogP contribution in [0.4, 0.5) is 0 Å². The number of sulfonamides is 1. The first kappa shape index (κ1) is 22.0. The first-order chi connectivity index (χ1) is 13.9. The standard InChI is InChI=1S/C21H26BrN3O3S/c22-19-5-1-2-6-20(19)29(27,28)24-12-11-21(26)23-15-17-7-9-18(10-8-17)16-25-13-3-4-14-25/h1-2,5-10,24H,3-4,11-16H2,(H,23,26). The molecule has 1 saturated heterocycles. The van der Waals surface area contributed by atoms with Crippen LogP contribution in [0.1, 0.15) is 30.4 Å². The molecule has 0 aromatic heterocycles. The van der Waals surface area contributed by atoms with Crippen molar-refractivity contribution in [2.24, 2.45) is 0 Å². The Balaban J connectivity index is 1.40. The van der Waals surface area contributed by atoms with Crippen molar-refractivity contribution in [3.63, 3.8) is 0 Å². The smallest absolute Gasteiger partial charge is 0.241 e. The van der Waals surface area contributed by atoms with Gasteiger partial charge in [-0.25, -0.2) is 13.1 Å². The molecule has 0 saturated carbocycles. The van der Waals surface area contributed by atoms with Gasteiger partial charge in [0.15, 0.2) is 0 Å². The van der Waals surface area contributed by atoms with E-state index in [9.17, 15) is 13.2 Å². The van der Waals surface area contributed by atoms with Gasteiger partial charge in [0.05, 0.1) is 4.90 Å². The molecule has 0 atom stereocenters. The summed E-state index contributed by atoms with van der Waals surface area (Å²) in [6, 6.07) is 14.8. The third kappa shape index (κ3) is 6.64. The molecule has 1 aliphatic rings. The number of halogens is 1. The van der Waals surface area contributed by atoms with E-state index >= 15 is 0 Å². The Kier molecular flexibility index (Phi) is 7.83. The van der Waals surface area contributed by atoms with Crippen molar-refractivity contribution in [3.05, 3.63) is 64.1 Å². The Morgan fingerprint density at radius 2 is 1.66 bits per heavy atom. The molecule has 29 heavy (non-hydrogen) atoms. The molecule has 8 heteroatoms. The molecule has 2 aromatic carbocycles. The Hall–Kier alpha value is -1.74. The largest absolute Gasteiger partial charge is 0.352 e. The van der Waals surface area contributed by atoms with Gasteiger partial charge < -0.3 is 5.32 Å². The first-order valence-electron chi connectivity index (χ1n) is 9.75. The average molecular weight is 480 g/mol. The maximum absolute atomic E-state index is 12.3. The highest BCUT2D eigenvalue weighted by Crippen LogP contribution is 2.20. The van der Waals surface area contributed by atoms with Crippen LogP contribution in [-0.2, 0) is 27.9 Å². The van der Waals surface area contributed by atoms with Crippen LogP contribution in [0.15, 0.2) is 57.9 Å². The molecule has 1 aliphatic heterocycles. The summed E-state index contributed by atoms with van der Waals surface area (Å²) < 4.78 is 27.5. The van der Waals surface area contributed by atoms with E-state index < -0.39 is 10.0 Å². The maximum Gasteiger partial charge on any atom is 0.241 e. The van der Waals surface area contributed by atoms with Crippen LogP contribution in [-0.4, -0.2) is 38.9 Å². The highest BCUT2D eigenvalue weighted by molar-refractivity contribution is 9.10. The Morgan fingerprint density at radius 3 is 2.34 bits per heavy atom. The molecule has 1 heterocycles. The average Bonchev–Trinajstić information content (AvgIpc) is 3.20. The number of amides is 1. The van der Waals surface area contributed by atoms with Gasteiger partial charge in [-0.2, -0.15) is 0 Å². The summed E-state index contributed by atoms with van der Waals surface area (Å²) in [6.45, 7) is 3.79. The van der Waals surface area contributed by atoms with E-state index in [1.165, 1.54) is 37.6 Å². The number of nitrogens with zero attached hydrogens (tertiary/aromatic N) is 1. The van der Waals surface area contributed by atoms with Gasteiger partial charge >= 0.3 is 0 Å². The predicted octanol–water partition coefficient (Wildman–Crippen LogP) is 3.03. The monoisotopic (exact) mass is 479 g/mol. The maximum atomic E-state index is 12.3. The van der Waals surface area contributed by atoms with E-state index in [0.717, 1.165) is 12.1 Å². The summed E-state index contributed by atoms with van der Waals surface area (Å²) >= 11 is 3.23. The molecule has 0 bridgehead atoms. The van der Waals surface area contributed by atoms with Gasteiger partial charge in [-0.3, -0.25) is 9.69 Å². The van der Waals surface area contributed by atoms with Crippen LogP contribution in [0, 0.1) is 0 Å². The number of carbonyl (C=O) groups excluding carboxylic acids is 1. The third-order valence-corrected chi connectivity index (χ3v) is 7.36. The van der Waals surface area contributed by atoms with Crippen molar-refractivity contribution in [2.75, 3.05) is 19.6 Å². The molecule has 3 rings (SSSR count). The number of likely N-dealkylation sites (tertiary alicyclic amines) is 1. The third-order valence-electron chi connectivity index (χ3n) is 4.89. The van der Waals surface area contributed by atoms with Gasteiger partial charge in [0.1, 0.15) is 0 Å². The van der Waals surface area contributed by atoms with Crippen LogP contribution in [0.2, 0.25) is 0 Å². The molecule has 0 spiro atoms. The minimum atomic E-state index is -3.65. The lowest BCUT2D eigenvalue weighted by atomic mass is 10.1. The van der Waals surface area contributed by atoms with Crippen molar-refractivity contribution in [3.8, 4) is 0 Å². The molecule has 2 aromatic rings. The second-order valence-electron chi connectivity index (χ2n) is 7.15. The number of carbonyl (C=O) groups is 1. The summed E-state index contributed by atoms with van der Waals surface area (Å²) in [5.74, 6) is -0.194. The van der Waals surface area contributed by atoms with Gasteiger partial charge in [0, 0.05) is 30.5 Å². The van der Waals surface area contributed by atoms with Crippen LogP contribution in [0.3, 0.4) is 0 Å². The van der Waals surface area contributed by atoms with E-state index in [1.807, 2.05) is 12.1 Å². The summed E-state index contributed by atoms with van der Waals surface area (Å²) in [7, 11) is -3.65. The fourth-order valence-corrected chi connectivity index (χ4v) is 5.32. The first-order valence-corrected chi connectivity index (χ1v) is 12.0. The minimum Gasteiger partial charge on any atom is -0.352 e. The summed E-state index contributed by atoms with van der Waals surface area (Å²) in [5.41, 5.74) is 2.31. The Labute approximate surface area is 180 Å². The van der Waals surface area contributed by atoms with Gasteiger partial charge in [-0.15, -0.1) is 0 Å². The zero-order valence-corrected chi connectivity index (χ0v) is 18.6. The second-order valence-corrected chi connectivity index (χ2v) is 9.74. The quantitative estimate of drug-likeness (QED) is 0.579. The highest BCUT2D eigenvalue weighted by atomic mass is 79.9. The molecule has 1 fully saturated rings. The van der Waals surface area contributed by atoms with Gasteiger partial charge in [0.2, 0.25) is 15.9 Å². The molecule has 0 aliphatic carbocycles. The van der Waals surface area contributed by atoms with E-state index in [-0.39, 0.29) is 23.8 Å². The van der Waals surface area contributed by atoms with E-state index in [0.29, 0.717) is 11.0 Å². The van der Waals surface area contributed by atoms with Crippen LogP contribution in [0.25, 0.3) is 0 Å². The van der Waals surface area contributed by atoms with E-state index in [1.54, 1.807) is 18.2 Å². The molecular weight excluding hydrogens is 454 g/mol. The molecule has 0 unspecified atom stereocenters. The normalized spacial score (nSPS) is 14.8. The van der Waals surface area contributed by atoms with Crippen molar-refractivity contribution < 1.29 is 13.2 Å². The lowest BCUT2D eigenvalue weighted by Crippen LogP contribution is -2.30. The topological polar surface area (TPSA) is 78.5 Å². The summed E-state index contributed by atoms with van der Waals surface area (Å²) in [5, 5.41) is 2.84. The van der Waals surface area contributed by atoms with Crippen LogP contribution < -0.4 is 10.0 Å².